The molecule has 0 atom stereocenters. The van der Waals surface area contributed by atoms with Crippen LogP contribution in [0.15, 0.2) is 18.3 Å². The number of nitrogens with one attached hydrogen (secondary N) is 1. The minimum absolute atomic E-state index is 0.318. The average molecular weight is 304 g/mol. The van der Waals surface area contributed by atoms with Crippen molar-refractivity contribution in [1.82, 2.24) is 10.3 Å². The molecule has 1 N–H and O–H groups in total. The zero-order valence-electron chi connectivity index (χ0n) is 13.4. The van der Waals surface area contributed by atoms with Gasteiger partial charge in [0.15, 0.2) is 0 Å². The number of piperidine rings is 1. The third-order valence-electron chi connectivity index (χ3n) is 4.80. The van der Waals surface area contributed by atoms with Crippen molar-refractivity contribution in [2.24, 2.45) is 5.92 Å². The second kappa shape index (κ2) is 8.37. The average Bonchev–Trinajstić information content (AvgIpc) is 2.57. The zero-order valence-corrected chi connectivity index (χ0v) is 13.4. The van der Waals surface area contributed by atoms with Crippen LogP contribution in [0, 0.1) is 5.92 Å². The Balaban J connectivity index is 1.43. The standard InChI is InChI=1S/C18H28N2O2/c1-2-4-15(5-3-1)9-13-21-18-14-17(8-12-20-18)22-16-6-10-19-11-7-16/h8,12,14-16,19H,1-7,9-11,13H2. The molecule has 122 valence electrons. The quantitative estimate of drug-likeness (QED) is 0.872. The van der Waals surface area contributed by atoms with Crippen molar-refractivity contribution in [3.63, 3.8) is 0 Å². The van der Waals surface area contributed by atoms with Gasteiger partial charge in [-0.2, -0.15) is 0 Å². The van der Waals surface area contributed by atoms with Crippen LogP contribution in [0.1, 0.15) is 51.4 Å². The Labute approximate surface area is 133 Å². The molecule has 22 heavy (non-hydrogen) atoms. The Morgan fingerprint density at radius 1 is 1.09 bits per heavy atom. The van der Waals surface area contributed by atoms with Gasteiger partial charge in [-0.1, -0.05) is 32.1 Å². The number of ether oxygens (including phenoxy) is 2. The summed E-state index contributed by atoms with van der Waals surface area (Å²) in [5.74, 6) is 2.43. The van der Waals surface area contributed by atoms with Crippen LogP contribution in [0.3, 0.4) is 0 Å². The first-order valence-electron chi connectivity index (χ1n) is 8.86. The summed E-state index contributed by atoms with van der Waals surface area (Å²) in [6.07, 6.45) is 12.3. The van der Waals surface area contributed by atoms with Gasteiger partial charge in [0, 0.05) is 12.3 Å². The normalized spacial score (nSPS) is 20.7. The Morgan fingerprint density at radius 3 is 2.73 bits per heavy atom. The van der Waals surface area contributed by atoms with Crippen LogP contribution in [0.5, 0.6) is 11.6 Å². The smallest absolute Gasteiger partial charge is 0.216 e. The largest absolute Gasteiger partial charge is 0.490 e. The maximum Gasteiger partial charge on any atom is 0.216 e. The first-order valence-corrected chi connectivity index (χ1v) is 8.86. The molecule has 2 heterocycles. The topological polar surface area (TPSA) is 43.4 Å². The van der Waals surface area contributed by atoms with Gasteiger partial charge >= 0.3 is 0 Å². The molecular weight excluding hydrogens is 276 g/mol. The lowest BCUT2D eigenvalue weighted by Crippen LogP contribution is -2.34. The lowest BCUT2D eigenvalue weighted by molar-refractivity contribution is 0.161. The molecule has 1 aromatic rings. The molecule has 4 heteroatoms. The Morgan fingerprint density at radius 2 is 1.91 bits per heavy atom. The van der Waals surface area contributed by atoms with E-state index in [2.05, 4.69) is 10.3 Å². The second-order valence-electron chi connectivity index (χ2n) is 6.54. The van der Waals surface area contributed by atoms with E-state index in [1.54, 1.807) is 6.20 Å². The van der Waals surface area contributed by atoms with E-state index < -0.39 is 0 Å². The van der Waals surface area contributed by atoms with Gasteiger partial charge in [-0.15, -0.1) is 0 Å². The van der Waals surface area contributed by atoms with Gasteiger partial charge in [-0.3, -0.25) is 0 Å². The molecule has 0 radical (unpaired) electrons. The second-order valence-corrected chi connectivity index (χ2v) is 6.54. The number of hydrogen-bond acceptors (Lipinski definition) is 4. The minimum Gasteiger partial charge on any atom is -0.490 e. The highest BCUT2D eigenvalue weighted by Crippen LogP contribution is 2.26. The highest BCUT2D eigenvalue weighted by atomic mass is 16.5. The first-order chi connectivity index (χ1) is 10.9. The summed E-state index contributed by atoms with van der Waals surface area (Å²) >= 11 is 0. The molecule has 0 spiro atoms. The predicted octanol–water partition coefficient (Wildman–Crippen LogP) is 3.56. The van der Waals surface area contributed by atoms with E-state index in [0.29, 0.717) is 12.0 Å². The highest BCUT2D eigenvalue weighted by molar-refractivity contribution is 5.26. The van der Waals surface area contributed by atoms with Crippen LogP contribution >= 0.6 is 0 Å². The van der Waals surface area contributed by atoms with Crippen molar-refractivity contribution in [3.05, 3.63) is 18.3 Å². The molecule has 4 nitrogen and oxygen atoms in total. The number of hydrogen-bond donors (Lipinski definition) is 1. The van der Waals surface area contributed by atoms with Gasteiger partial charge in [0.1, 0.15) is 11.9 Å². The summed E-state index contributed by atoms with van der Waals surface area (Å²) in [4.78, 5) is 4.30. The maximum absolute atomic E-state index is 6.03. The fourth-order valence-corrected chi connectivity index (χ4v) is 3.46. The maximum atomic E-state index is 6.03. The monoisotopic (exact) mass is 304 g/mol. The third kappa shape index (κ3) is 4.87. The van der Waals surface area contributed by atoms with Crippen LogP contribution in [-0.2, 0) is 0 Å². The molecule has 0 unspecified atom stereocenters. The van der Waals surface area contributed by atoms with Crippen molar-refractivity contribution < 1.29 is 9.47 Å². The molecule has 0 aromatic carbocycles. The SMILES string of the molecule is c1cc(OC2CCNCC2)cc(OCCC2CCCCC2)n1. The van der Waals surface area contributed by atoms with Crippen molar-refractivity contribution in [1.29, 1.82) is 0 Å². The van der Waals surface area contributed by atoms with E-state index >= 15 is 0 Å². The first kappa shape index (κ1) is 15.6. The van der Waals surface area contributed by atoms with Gasteiger partial charge in [-0.25, -0.2) is 4.98 Å². The molecule has 1 aliphatic heterocycles. The van der Waals surface area contributed by atoms with E-state index in [1.807, 2.05) is 12.1 Å². The zero-order chi connectivity index (χ0) is 15.0. The van der Waals surface area contributed by atoms with Crippen LogP contribution in [0.2, 0.25) is 0 Å². The van der Waals surface area contributed by atoms with Crippen molar-refractivity contribution in [2.45, 2.75) is 57.5 Å². The Bertz CT molecular complexity index is 440. The predicted molar refractivity (Wildman–Crippen MR) is 87.4 cm³/mol. The lowest BCUT2D eigenvalue weighted by atomic mass is 9.87. The summed E-state index contributed by atoms with van der Waals surface area (Å²) in [6.45, 7) is 2.86. The van der Waals surface area contributed by atoms with Gasteiger partial charge in [0.2, 0.25) is 5.88 Å². The highest BCUT2D eigenvalue weighted by Gasteiger charge is 2.15. The summed E-state index contributed by atoms with van der Waals surface area (Å²) in [5.41, 5.74) is 0. The molecule has 1 aliphatic carbocycles. The minimum atomic E-state index is 0.318. The fourth-order valence-electron chi connectivity index (χ4n) is 3.46. The van der Waals surface area contributed by atoms with Crippen molar-refractivity contribution >= 4 is 0 Å². The Kier molecular flexibility index (Phi) is 5.94. The molecule has 1 aromatic heterocycles. The van der Waals surface area contributed by atoms with E-state index in [9.17, 15) is 0 Å². The number of pyridine rings is 1. The molecule has 2 aliphatic rings. The number of rotatable bonds is 6. The number of nitrogens with zero attached hydrogens (tertiary/aromatic N) is 1. The molecule has 1 saturated carbocycles. The third-order valence-corrected chi connectivity index (χ3v) is 4.80. The summed E-state index contributed by atoms with van der Waals surface area (Å²) in [7, 11) is 0. The summed E-state index contributed by atoms with van der Waals surface area (Å²) in [6, 6.07) is 3.86. The van der Waals surface area contributed by atoms with E-state index in [4.69, 9.17) is 9.47 Å². The van der Waals surface area contributed by atoms with E-state index in [1.165, 1.54) is 32.1 Å². The number of aromatic nitrogens is 1. The van der Waals surface area contributed by atoms with Gasteiger partial charge in [0.25, 0.3) is 0 Å². The molecule has 1 saturated heterocycles. The van der Waals surface area contributed by atoms with Crippen LogP contribution in [0.25, 0.3) is 0 Å². The van der Waals surface area contributed by atoms with Gasteiger partial charge < -0.3 is 14.8 Å². The molecule has 2 fully saturated rings. The van der Waals surface area contributed by atoms with Crippen molar-refractivity contribution in [2.75, 3.05) is 19.7 Å². The van der Waals surface area contributed by atoms with Crippen LogP contribution in [0.4, 0.5) is 0 Å². The molecule has 3 rings (SSSR count). The molecule has 0 amide bonds. The molecule has 0 bridgehead atoms. The molecular formula is C18H28N2O2. The van der Waals surface area contributed by atoms with Gasteiger partial charge in [-0.05, 0) is 44.3 Å². The van der Waals surface area contributed by atoms with Crippen molar-refractivity contribution in [3.8, 4) is 11.6 Å². The van der Waals surface area contributed by atoms with E-state index in [-0.39, 0.29) is 0 Å². The van der Waals surface area contributed by atoms with Crippen LogP contribution in [-0.4, -0.2) is 30.8 Å². The Hall–Kier alpha value is -1.29. The summed E-state index contributed by atoms with van der Waals surface area (Å²) < 4.78 is 11.9. The van der Waals surface area contributed by atoms with E-state index in [0.717, 1.165) is 50.6 Å². The van der Waals surface area contributed by atoms with Crippen LogP contribution < -0.4 is 14.8 Å². The fraction of sp³-hybridized carbons (Fsp3) is 0.722. The lowest BCUT2D eigenvalue weighted by Gasteiger charge is -2.24. The summed E-state index contributed by atoms with van der Waals surface area (Å²) in [5, 5.41) is 3.35. The van der Waals surface area contributed by atoms with Gasteiger partial charge in [0.05, 0.1) is 6.61 Å².